The number of nitrogens with one attached hydrogen (secondary N) is 1. The molecule has 1 aliphatic heterocycles. The maximum atomic E-state index is 5.52. The fourth-order valence-corrected chi connectivity index (χ4v) is 1.60. The maximum Gasteiger partial charge on any atom is 0.153 e. The molecule has 1 aliphatic rings. The molecule has 0 aliphatic carbocycles. The highest BCUT2D eigenvalue weighted by molar-refractivity contribution is 4.86. The second kappa shape index (κ2) is 5.02. The van der Waals surface area contributed by atoms with Crippen molar-refractivity contribution in [2.75, 3.05) is 13.2 Å². The molecule has 2 rings (SSSR count). The average Bonchev–Trinajstić information content (AvgIpc) is 2.72. The topological polar surface area (TPSA) is 47.0 Å². The molecule has 0 radical (unpaired) electrons. The quantitative estimate of drug-likeness (QED) is 0.766. The van der Waals surface area contributed by atoms with E-state index in [4.69, 9.17) is 4.74 Å². The van der Waals surface area contributed by atoms with Gasteiger partial charge >= 0.3 is 0 Å². The van der Waals surface area contributed by atoms with E-state index in [1.54, 1.807) is 12.4 Å². The second-order valence-electron chi connectivity index (χ2n) is 3.47. The second-order valence-corrected chi connectivity index (χ2v) is 3.47. The van der Waals surface area contributed by atoms with Gasteiger partial charge in [0.15, 0.2) is 5.82 Å². The van der Waals surface area contributed by atoms with Crippen molar-refractivity contribution in [2.45, 2.75) is 25.5 Å². The van der Waals surface area contributed by atoms with Crippen LogP contribution in [0.3, 0.4) is 0 Å². The molecule has 4 nitrogen and oxygen atoms in total. The lowest BCUT2D eigenvalue weighted by Gasteiger charge is -2.09. The van der Waals surface area contributed by atoms with Crippen LogP contribution >= 0.6 is 0 Å². The van der Waals surface area contributed by atoms with Gasteiger partial charge in [-0.15, -0.1) is 0 Å². The number of rotatable bonds is 4. The molecule has 1 fully saturated rings. The molecule has 0 saturated carbocycles. The molecule has 1 unspecified atom stereocenters. The summed E-state index contributed by atoms with van der Waals surface area (Å²) in [5.74, 6) is 0.755. The molecule has 1 atom stereocenters. The number of hydrogen-bond donors (Lipinski definition) is 1. The van der Waals surface area contributed by atoms with Crippen molar-refractivity contribution in [3.63, 3.8) is 0 Å². The van der Waals surface area contributed by atoms with E-state index in [2.05, 4.69) is 15.3 Å². The van der Waals surface area contributed by atoms with E-state index in [9.17, 15) is 0 Å². The molecule has 1 aromatic rings. The zero-order chi connectivity index (χ0) is 9.64. The zero-order valence-electron chi connectivity index (χ0n) is 8.15. The fourth-order valence-electron chi connectivity index (χ4n) is 1.60. The first-order valence-electron chi connectivity index (χ1n) is 5.02. The van der Waals surface area contributed by atoms with Crippen molar-refractivity contribution in [1.82, 2.24) is 15.3 Å². The molecule has 1 N–H and O–H groups in total. The Hall–Kier alpha value is -1.00. The predicted octanol–water partition coefficient (Wildman–Crippen LogP) is 0.745. The van der Waals surface area contributed by atoms with Crippen molar-refractivity contribution < 1.29 is 4.74 Å². The van der Waals surface area contributed by atoms with Crippen LogP contribution in [0.4, 0.5) is 0 Å². The van der Waals surface area contributed by atoms with Crippen LogP contribution < -0.4 is 5.32 Å². The lowest BCUT2D eigenvalue weighted by molar-refractivity contribution is 0.0984. The number of aromatic nitrogens is 2. The highest BCUT2D eigenvalue weighted by atomic mass is 16.5. The molecule has 0 aromatic carbocycles. The van der Waals surface area contributed by atoms with Gasteiger partial charge in [0.2, 0.25) is 0 Å². The van der Waals surface area contributed by atoms with Gasteiger partial charge in [-0.2, -0.15) is 0 Å². The Bertz CT molecular complexity index is 259. The van der Waals surface area contributed by atoms with Crippen LogP contribution in [0.25, 0.3) is 0 Å². The minimum atomic E-state index is 0.513. The largest absolute Gasteiger partial charge is 0.372 e. The Kier molecular flexibility index (Phi) is 3.43. The SMILES string of the molecule is c1cnc(COCC2CCCN2)nc1. The number of hydrogen-bond acceptors (Lipinski definition) is 4. The third kappa shape index (κ3) is 2.75. The van der Waals surface area contributed by atoms with Gasteiger partial charge in [-0.25, -0.2) is 9.97 Å². The van der Waals surface area contributed by atoms with Crippen LogP contribution in [-0.4, -0.2) is 29.2 Å². The van der Waals surface area contributed by atoms with Gasteiger partial charge in [0.25, 0.3) is 0 Å². The van der Waals surface area contributed by atoms with Gasteiger partial charge in [0, 0.05) is 18.4 Å². The number of nitrogens with zero attached hydrogens (tertiary/aromatic N) is 2. The lowest BCUT2D eigenvalue weighted by atomic mass is 10.2. The first-order valence-corrected chi connectivity index (χ1v) is 5.02. The molecule has 0 bridgehead atoms. The smallest absolute Gasteiger partial charge is 0.153 e. The van der Waals surface area contributed by atoms with Crippen LogP contribution in [-0.2, 0) is 11.3 Å². The summed E-state index contributed by atoms with van der Waals surface area (Å²) in [6.45, 7) is 2.40. The van der Waals surface area contributed by atoms with E-state index >= 15 is 0 Å². The van der Waals surface area contributed by atoms with Crippen molar-refractivity contribution in [3.8, 4) is 0 Å². The van der Waals surface area contributed by atoms with Gasteiger partial charge in [-0.05, 0) is 25.5 Å². The van der Waals surface area contributed by atoms with E-state index in [1.807, 2.05) is 6.07 Å². The van der Waals surface area contributed by atoms with Crippen molar-refractivity contribution in [3.05, 3.63) is 24.3 Å². The monoisotopic (exact) mass is 193 g/mol. The van der Waals surface area contributed by atoms with Gasteiger partial charge in [-0.1, -0.05) is 0 Å². The summed E-state index contributed by atoms with van der Waals surface area (Å²) in [7, 11) is 0. The first-order chi connectivity index (χ1) is 6.95. The van der Waals surface area contributed by atoms with E-state index in [1.165, 1.54) is 12.8 Å². The third-order valence-electron chi connectivity index (χ3n) is 2.33. The Balaban J connectivity index is 1.67. The minimum Gasteiger partial charge on any atom is -0.372 e. The molecule has 2 heterocycles. The molecule has 0 amide bonds. The van der Waals surface area contributed by atoms with Gasteiger partial charge in [-0.3, -0.25) is 0 Å². The highest BCUT2D eigenvalue weighted by Gasteiger charge is 2.13. The lowest BCUT2D eigenvalue weighted by Crippen LogP contribution is -2.26. The molecule has 4 heteroatoms. The highest BCUT2D eigenvalue weighted by Crippen LogP contribution is 2.05. The summed E-state index contributed by atoms with van der Waals surface area (Å²) in [6.07, 6.45) is 5.95. The molecular weight excluding hydrogens is 178 g/mol. The summed E-state index contributed by atoms with van der Waals surface area (Å²) in [4.78, 5) is 8.17. The molecule has 76 valence electrons. The first kappa shape index (κ1) is 9.55. The van der Waals surface area contributed by atoms with E-state index in [0.717, 1.165) is 19.0 Å². The Morgan fingerprint density at radius 3 is 3.00 bits per heavy atom. The van der Waals surface area contributed by atoms with E-state index < -0.39 is 0 Å². The molecule has 1 aromatic heterocycles. The van der Waals surface area contributed by atoms with Crippen molar-refractivity contribution >= 4 is 0 Å². The summed E-state index contributed by atoms with van der Waals surface area (Å²) >= 11 is 0. The van der Waals surface area contributed by atoms with Crippen LogP contribution in [0, 0.1) is 0 Å². The minimum absolute atomic E-state index is 0.513. The van der Waals surface area contributed by atoms with Gasteiger partial charge in [0.05, 0.1) is 6.61 Å². The fraction of sp³-hybridized carbons (Fsp3) is 0.600. The molecule has 1 saturated heterocycles. The Morgan fingerprint density at radius 1 is 1.43 bits per heavy atom. The third-order valence-corrected chi connectivity index (χ3v) is 2.33. The van der Waals surface area contributed by atoms with Crippen LogP contribution in [0.5, 0.6) is 0 Å². The summed E-state index contributed by atoms with van der Waals surface area (Å²) < 4.78 is 5.52. The molecule has 0 spiro atoms. The number of ether oxygens (including phenoxy) is 1. The average molecular weight is 193 g/mol. The van der Waals surface area contributed by atoms with Crippen LogP contribution in [0.2, 0.25) is 0 Å². The molecule has 14 heavy (non-hydrogen) atoms. The summed E-state index contributed by atoms with van der Waals surface area (Å²) in [5, 5.41) is 3.38. The maximum absolute atomic E-state index is 5.52. The van der Waals surface area contributed by atoms with Crippen molar-refractivity contribution in [1.29, 1.82) is 0 Å². The zero-order valence-corrected chi connectivity index (χ0v) is 8.15. The van der Waals surface area contributed by atoms with Crippen LogP contribution in [0.1, 0.15) is 18.7 Å². The van der Waals surface area contributed by atoms with Gasteiger partial charge in [0.1, 0.15) is 6.61 Å². The molecular formula is C10H15N3O. The van der Waals surface area contributed by atoms with Gasteiger partial charge < -0.3 is 10.1 Å². The normalized spacial score (nSPS) is 21.3. The van der Waals surface area contributed by atoms with Crippen LogP contribution in [0.15, 0.2) is 18.5 Å². The van der Waals surface area contributed by atoms with Crippen molar-refractivity contribution in [2.24, 2.45) is 0 Å². The Morgan fingerprint density at radius 2 is 2.29 bits per heavy atom. The summed E-state index contributed by atoms with van der Waals surface area (Å²) in [6, 6.07) is 2.33. The Labute approximate surface area is 83.7 Å². The predicted molar refractivity (Wildman–Crippen MR) is 52.7 cm³/mol. The van der Waals surface area contributed by atoms with E-state index in [-0.39, 0.29) is 0 Å². The summed E-state index contributed by atoms with van der Waals surface area (Å²) in [5.41, 5.74) is 0. The standard InChI is InChI=1S/C10H15N3O/c1-3-9(11-4-1)7-14-8-10-12-5-2-6-13-10/h2,5-6,9,11H,1,3-4,7-8H2. The van der Waals surface area contributed by atoms with E-state index in [0.29, 0.717) is 12.6 Å².